The fourth-order valence-corrected chi connectivity index (χ4v) is 3.58. The molecule has 4 heteroatoms. The summed E-state index contributed by atoms with van der Waals surface area (Å²) in [6.07, 6.45) is 3.76. The molecule has 1 aliphatic rings. The van der Waals surface area contributed by atoms with Crippen molar-refractivity contribution in [3.63, 3.8) is 0 Å². The second-order valence-electron chi connectivity index (χ2n) is 6.50. The first-order chi connectivity index (χ1) is 10.4. The quantitative estimate of drug-likeness (QED) is 0.919. The van der Waals surface area contributed by atoms with Gasteiger partial charge in [-0.15, -0.1) is 0 Å². The van der Waals surface area contributed by atoms with E-state index in [0.717, 1.165) is 41.8 Å². The van der Waals surface area contributed by atoms with Crippen molar-refractivity contribution in [2.24, 2.45) is 5.92 Å². The molecule has 2 rings (SSSR count). The van der Waals surface area contributed by atoms with Crippen LogP contribution < -0.4 is 10.1 Å². The van der Waals surface area contributed by atoms with Crippen LogP contribution in [-0.2, 0) is 9.53 Å². The molecule has 0 spiro atoms. The normalized spacial score (nSPS) is 24.9. The number of carbonyl (C=O) groups excluding carboxylic acids is 1. The van der Waals surface area contributed by atoms with Gasteiger partial charge in [0.25, 0.3) is 5.91 Å². The Morgan fingerprint density at radius 2 is 1.91 bits per heavy atom. The van der Waals surface area contributed by atoms with Crippen molar-refractivity contribution in [1.82, 2.24) is 0 Å². The van der Waals surface area contributed by atoms with Gasteiger partial charge in [-0.25, -0.2) is 0 Å². The third-order valence-corrected chi connectivity index (χ3v) is 4.68. The molecule has 1 aromatic rings. The summed E-state index contributed by atoms with van der Waals surface area (Å²) in [7, 11) is 3.30. The predicted molar refractivity (Wildman–Crippen MR) is 88.5 cm³/mol. The maximum absolute atomic E-state index is 12.8. The molecule has 1 amide bonds. The van der Waals surface area contributed by atoms with Gasteiger partial charge in [0, 0.05) is 12.8 Å². The van der Waals surface area contributed by atoms with Crippen LogP contribution in [0.5, 0.6) is 5.75 Å². The Balaban J connectivity index is 2.20. The number of amides is 1. The van der Waals surface area contributed by atoms with E-state index in [-0.39, 0.29) is 5.91 Å². The molecule has 122 valence electrons. The lowest BCUT2D eigenvalue weighted by Gasteiger charge is -2.37. The first-order valence-corrected chi connectivity index (χ1v) is 7.93. The maximum Gasteiger partial charge on any atom is 0.256 e. The average Bonchev–Trinajstić information content (AvgIpc) is 2.46. The van der Waals surface area contributed by atoms with Gasteiger partial charge in [0.15, 0.2) is 0 Å². The molecule has 1 N–H and O–H groups in total. The largest absolute Gasteiger partial charge is 0.496 e. The third kappa shape index (κ3) is 3.27. The second-order valence-corrected chi connectivity index (χ2v) is 6.50. The molecule has 1 aromatic carbocycles. The number of anilines is 1. The molecule has 0 aliphatic heterocycles. The molecule has 1 fully saturated rings. The molecule has 4 nitrogen and oxygen atoms in total. The number of benzene rings is 1. The highest BCUT2D eigenvalue weighted by Crippen LogP contribution is 2.36. The minimum Gasteiger partial charge on any atom is -0.496 e. The minimum atomic E-state index is -0.695. The molecule has 2 unspecified atom stereocenters. The van der Waals surface area contributed by atoms with E-state index in [0.29, 0.717) is 5.92 Å². The predicted octanol–water partition coefficient (Wildman–Crippen LogP) is 3.85. The number of hydrogen-bond donors (Lipinski definition) is 1. The Morgan fingerprint density at radius 1 is 1.27 bits per heavy atom. The second kappa shape index (κ2) is 6.69. The number of ether oxygens (including phenoxy) is 2. The molecule has 0 aromatic heterocycles. The van der Waals surface area contributed by atoms with E-state index in [9.17, 15) is 4.79 Å². The van der Waals surface area contributed by atoms with Crippen LogP contribution in [0.3, 0.4) is 0 Å². The van der Waals surface area contributed by atoms with Crippen molar-refractivity contribution in [3.8, 4) is 5.75 Å². The monoisotopic (exact) mass is 305 g/mol. The van der Waals surface area contributed by atoms with Gasteiger partial charge in [0.05, 0.1) is 7.11 Å². The van der Waals surface area contributed by atoms with Gasteiger partial charge in [-0.3, -0.25) is 4.79 Å². The van der Waals surface area contributed by atoms with E-state index in [1.54, 1.807) is 14.2 Å². The zero-order valence-corrected chi connectivity index (χ0v) is 14.3. The average molecular weight is 305 g/mol. The molecule has 2 atom stereocenters. The summed E-state index contributed by atoms with van der Waals surface area (Å²) in [5.41, 5.74) is 2.14. The summed E-state index contributed by atoms with van der Waals surface area (Å²) in [4.78, 5) is 12.8. The fourth-order valence-electron chi connectivity index (χ4n) is 3.58. The van der Waals surface area contributed by atoms with Crippen LogP contribution >= 0.6 is 0 Å². The van der Waals surface area contributed by atoms with Crippen LogP contribution in [0, 0.1) is 19.8 Å². The molecular weight excluding hydrogens is 278 g/mol. The van der Waals surface area contributed by atoms with E-state index in [2.05, 4.69) is 12.2 Å². The third-order valence-electron chi connectivity index (χ3n) is 4.68. The maximum atomic E-state index is 12.8. The zero-order valence-electron chi connectivity index (χ0n) is 14.3. The van der Waals surface area contributed by atoms with Crippen LogP contribution in [0.15, 0.2) is 12.1 Å². The topological polar surface area (TPSA) is 47.6 Å². The van der Waals surface area contributed by atoms with Gasteiger partial charge in [0.1, 0.15) is 11.4 Å². The molecule has 0 saturated heterocycles. The number of nitrogens with one attached hydrogen (secondary N) is 1. The highest BCUT2D eigenvalue weighted by atomic mass is 16.5. The lowest BCUT2D eigenvalue weighted by Crippen LogP contribution is -2.47. The number of aryl methyl sites for hydroxylation is 2. The van der Waals surface area contributed by atoms with Crippen molar-refractivity contribution in [1.29, 1.82) is 0 Å². The van der Waals surface area contributed by atoms with Crippen LogP contribution in [0.4, 0.5) is 5.69 Å². The van der Waals surface area contributed by atoms with Crippen LogP contribution in [-0.4, -0.2) is 25.7 Å². The number of methoxy groups -OCH3 is 2. The fraction of sp³-hybridized carbons (Fsp3) is 0.611. The molecule has 22 heavy (non-hydrogen) atoms. The summed E-state index contributed by atoms with van der Waals surface area (Å²) >= 11 is 0. The summed E-state index contributed by atoms with van der Waals surface area (Å²) < 4.78 is 11.0. The SMILES string of the molecule is COc1c(C)cc(NC(=O)C2(OC)CCCC(C)C2)cc1C. The number of hydrogen-bond acceptors (Lipinski definition) is 3. The first kappa shape index (κ1) is 16.8. The Bertz CT molecular complexity index is 532. The molecule has 0 bridgehead atoms. The van der Waals surface area contributed by atoms with Crippen LogP contribution in [0.2, 0.25) is 0 Å². The van der Waals surface area contributed by atoms with Crippen LogP contribution in [0.25, 0.3) is 0 Å². The Hall–Kier alpha value is -1.55. The van der Waals surface area contributed by atoms with Crippen molar-refractivity contribution >= 4 is 11.6 Å². The summed E-state index contributed by atoms with van der Waals surface area (Å²) in [5.74, 6) is 1.34. The zero-order chi connectivity index (χ0) is 16.3. The van der Waals surface area contributed by atoms with Gasteiger partial charge in [-0.05, 0) is 62.3 Å². The van der Waals surface area contributed by atoms with Gasteiger partial charge < -0.3 is 14.8 Å². The van der Waals surface area contributed by atoms with Gasteiger partial charge in [-0.2, -0.15) is 0 Å². The molecule has 0 heterocycles. The number of carbonyl (C=O) groups is 1. The van der Waals surface area contributed by atoms with E-state index in [1.807, 2.05) is 26.0 Å². The first-order valence-electron chi connectivity index (χ1n) is 7.93. The van der Waals surface area contributed by atoms with Crippen molar-refractivity contribution < 1.29 is 14.3 Å². The van der Waals surface area contributed by atoms with E-state index < -0.39 is 5.60 Å². The minimum absolute atomic E-state index is 0.0366. The molecular formula is C18H27NO3. The Kier molecular flexibility index (Phi) is 5.12. The van der Waals surface area contributed by atoms with E-state index >= 15 is 0 Å². The van der Waals surface area contributed by atoms with E-state index in [1.165, 1.54) is 6.42 Å². The number of rotatable bonds is 4. The summed E-state index contributed by atoms with van der Waals surface area (Å²) in [5, 5.41) is 3.04. The highest BCUT2D eigenvalue weighted by molar-refractivity contribution is 5.97. The smallest absolute Gasteiger partial charge is 0.256 e. The van der Waals surface area contributed by atoms with Crippen molar-refractivity contribution in [2.45, 2.75) is 52.1 Å². The Labute approximate surface area is 133 Å². The van der Waals surface area contributed by atoms with E-state index in [4.69, 9.17) is 9.47 Å². The lowest BCUT2D eigenvalue weighted by molar-refractivity contribution is -0.143. The molecule has 0 radical (unpaired) electrons. The summed E-state index contributed by atoms with van der Waals surface area (Å²) in [6.45, 7) is 6.15. The lowest BCUT2D eigenvalue weighted by atomic mass is 9.78. The van der Waals surface area contributed by atoms with Gasteiger partial charge in [0.2, 0.25) is 0 Å². The summed E-state index contributed by atoms with van der Waals surface area (Å²) in [6, 6.07) is 3.89. The Morgan fingerprint density at radius 3 is 2.41 bits per heavy atom. The van der Waals surface area contributed by atoms with Gasteiger partial charge >= 0.3 is 0 Å². The molecule has 1 saturated carbocycles. The standard InChI is InChI=1S/C18H27NO3/c1-12-7-6-8-18(11-12,22-5)17(20)19-15-9-13(2)16(21-4)14(3)10-15/h9-10,12H,6-8,11H2,1-5H3,(H,19,20). The molecule has 1 aliphatic carbocycles. The van der Waals surface area contributed by atoms with Crippen molar-refractivity contribution in [2.75, 3.05) is 19.5 Å². The van der Waals surface area contributed by atoms with Crippen molar-refractivity contribution in [3.05, 3.63) is 23.3 Å². The van der Waals surface area contributed by atoms with Crippen LogP contribution in [0.1, 0.15) is 43.7 Å². The highest BCUT2D eigenvalue weighted by Gasteiger charge is 2.42. The van der Waals surface area contributed by atoms with Gasteiger partial charge in [-0.1, -0.05) is 13.3 Å².